The molecule has 0 aromatic heterocycles. The molecule has 0 spiro atoms. The molecule has 90 valence electrons. The maximum atomic E-state index is 9.95. The average molecular weight is 222 g/mol. The van der Waals surface area contributed by atoms with Crippen LogP contribution >= 0.6 is 0 Å². The lowest BCUT2D eigenvalue weighted by molar-refractivity contribution is 0.306. The lowest BCUT2D eigenvalue weighted by Crippen LogP contribution is -2.25. The summed E-state index contributed by atoms with van der Waals surface area (Å²) in [5.74, 6) is 0.372. The first-order valence-corrected chi connectivity index (χ1v) is 5.95. The van der Waals surface area contributed by atoms with Gasteiger partial charge in [-0.25, -0.2) is 0 Å². The van der Waals surface area contributed by atoms with Gasteiger partial charge in [0.1, 0.15) is 5.75 Å². The van der Waals surface area contributed by atoms with Gasteiger partial charge in [-0.15, -0.1) is 0 Å². The molecule has 16 heavy (non-hydrogen) atoms. The predicted octanol–water partition coefficient (Wildman–Crippen LogP) is 1.74. The van der Waals surface area contributed by atoms with Crippen molar-refractivity contribution in [3.63, 3.8) is 0 Å². The summed E-state index contributed by atoms with van der Waals surface area (Å²) in [6.45, 7) is 7.78. The van der Waals surface area contributed by atoms with E-state index in [0.29, 0.717) is 12.3 Å². The molecular weight excluding hydrogens is 200 g/mol. The summed E-state index contributed by atoms with van der Waals surface area (Å²) >= 11 is 0. The van der Waals surface area contributed by atoms with Crippen LogP contribution in [0.1, 0.15) is 25.0 Å². The van der Waals surface area contributed by atoms with Crippen molar-refractivity contribution in [3.8, 4) is 5.75 Å². The number of para-hydroxylation sites is 1. The van der Waals surface area contributed by atoms with Crippen LogP contribution in [0.4, 0.5) is 0 Å². The Morgan fingerprint density at radius 3 is 2.38 bits per heavy atom. The molecule has 1 aromatic rings. The number of likely N-dealkylation sites (N-methyl/N-ethyl adjacent to an activating group) is 1. The second-order valence-electron chi connectivity index (χ2n) is 3.91. The van der Waals surface area contributed by atoms with Gasteiger partial charge in [-0.05, 0) is 25.1 Å². The van der Waals surface area contributed by atoms with Gasteiger partial charge in [-0.3, -0.25) is 0 Å². The minimum atomic E-state index is 0.372. The number of rotatable bonds is 6. The molecule has 1 aromatic carbocycles. The second kappa shape index (κ2) is 6.51. The van der Waals surface area contributed by atoms with Crippen molar-refractivity contribution < 1.29 is 5.11 Å². The maximum Gasteiger partial charge on any atom is 0.123 e. The standard InChI is InChI=1S/C13H22N2O/c1-3-15(4-2)9-8-11-6-5-7-12(10-14)13(11)16/h5-7,16H,3-4,8-10,14H2,1-2H3. The van der Waals surface area contributed by atoms with E-state index in [1.54, 1.807) is 0 Å². The van der Waals surface area contributed by atoms with E-state index in [4.69, 9.17) is 5.73 Å². The lowest BCUT2D eigenvalue weighted by Gasteiger charge is -2.18. The zero-order valence-corrected chi connectivity index (χ0v) is 10.2. The van der Waals surface area contributed by atoms with Gasteiger partial charge < -0.3 is 15.7 Å². The van der Waals surface area contributed by atoms with Crippen LogP contribution in [-0.2, 0) is 13.0 Å². The van der Waals surface area contributed by atoms with Crippen LogP contribution in [0, 0.1) is 0 Å². The zero-order valence-electron chi connectivity index (χ0n) is 10.2. The van der Waals surface area contributed by atoms with Crippen molar-refractivity contribution >= 4 is 0 Å². The quantitative estimate of drug-likeness (QED) is 0.770. The van der Waals surface area contributed by atoms with E-state index < -0.39 is 0 Å². The van der Waals surface area contributed by atoms with Crippen molar-refractivity contribution in [2.45, 2.75) is 26.8 Å². The Morgan fingerprint density at radius 2 is 1.81 bits per heavy atom. The third-order valence-corrected chi connectivity index (χ3v) is 3.01. The van der Waals surface area contributed by atoms with E-state index in [1.165, 1.54) is 0 Å². The van der Waals surface area contributed by atoms with Gasteiger partial charge in [0.05, 0.1) is 0 Å². The highest BCUT2D eigenvalue weighted by molar-refractivity contribution is 5.40. The minimum Gasteiger partial charge on any atom is -0.507 e. The fraction of sp³-hybridized carbons (Fsp3) is 0.538. The third kappa shape index (κ3) is 3.22. The van der Waals surface area contributed by atoms with E-state index in [0.717, 1.165) is 37.2 Å². The van der Waals surface area contributed by atoms with Crippen molar-refractivity contribution in [2.75, 3.05) is 19.6 Å². The third-order valence-electron chi connectivity index (χ3n) is 3.01. The van der Waals surface area contributed by atoms with Crippen molar-refractivity contribution in [1.29, 1.82) is 0 Å². The highest BCUT2D eigenvalue weighted by Gasteiger charge is 2.07. The second-order valence-corrected chi connectivity index (χ2v) is 3.91. The molecule has 0 amide bonds. The van der Waals surface area contributed by atoms with Crippen LogP contribution in [0.25, 0.3) is 0 Å². The Hall–Kier alpha value is -1.06. The van der Waals surface area contributed by atoms with Crippen LogP contribution in [-0.4, -0.2) is 29.6 Å². The van der Waals surface area contributed by atoms with Crippen LogP contribution in [0.15, 0.2) is 18.2 Å². The SMILES string of the molecule is CCN(CC)CCc1cccc(CN)c1O. The molecular formula is C13H22N2O. The number of hydrogen-bond acceptors (Lipinski definition) is 3. The molecule has 0 aliphatic rings. The van der Waals surface area contributed by atoms with Crippen LogP contribution in [0.3, 0.4) is 0 Å². The van der Waals surface area contributed by atoms with Gasteiger partial charge in [0.2, 0.25) is 0 Å². The molecule has 3 N–H and O–H groups in total. The van der Waals surface area contributed by atoms with Gasteiger partial charge >= 0.3 is 0 Å². The Kier molecular flexibility index (Phi) is 5.29. The molecule has 3 heteroatoms. The van der Waals surface area contributed by atoms with Crippen LogP contribution in [0.2, 0.25) is 0 Å². The first-order valence-electron chi connectivity index (χ1n) is 5.95. The molecule has 1 rings (SSSR count). The maximum absolute atomic E-state index is 9.95. The monoisotopic (exact) mass is 222 g/mol. The summed E-state index contributed by atoms with van der Waals surface area (Å²) < 4.78 is 0. The smallest absolute Gasteiger partial charge is 0.123 e. The van der Waals surface area contributed by atoms with Gasteiger partial charge in [0.25, 0.3) is 0 Å². The molecule has 0 saturated carbocycles. The van der Waals surface area contributed by atoms with Crippen LogP contribution < -0.4 is 5.73 Å². The molecule has 0 unspecified atom stereocenters. The van der Waals surface area contributed by atoms with E-state index >= 15 is 0 Å². The molecule has 0 fully saturated rings. The molecule has 0 bridgehead atoms. The minimum absolute atomic E-state index is 0.372. The van der Waals surface area contributed by atoms with Gasteiger partial charge in [0.15, 0.2) is 0 Å². The number of nitrogens with two attached hydrogens (primary N) is 1. The Bertz CT molecular complexity index is 322. The predicted molar refractivity (Wildman–Crippen MR) is 67.5 cm³/mol. The van der Waals surface area contributed by atoms with E-state index in [9.17, 15) is 5.11 Å². The van der Waals surface area contributed by atoms with Crippen molar-refractivity contribution in [2.24, 2.45) is 5.73 Å². The summed E-state index contributed by atoms with van der Waals surface area (Å²) in [7, 11) is 0. The lowest BCUT2D eigenvalue weighted by atomic mass is 10.1. The van der Waals surface area contributed by atoms with Crippen LogP contribution in [0.5, 0.6) is 5.75 Å². The van der Waals surface area contributed by atoms with Gasteiger partial charge in [0, 0.05) is 18.7 Å². The zero-order chi connectivity index (χ0) is 12.0. The number of hydrogen-bond donors (Lipinski definition) is 2. The molecule has 0 saturated heterocycles. The topological polar surface area (TPSA) is 49.5 Å². The highest BCUT2D eigenvalue weighted by atomic mass is 16.3. The first kappa shape index (κ1) is 13.0. The van der Waals surface area contributed by atoms with E-state index in [2.05, 4.69) is 18.7 Å². The molecule has 0 aliphatic carbocycles. The van der Waals surface area contributed by atoms with E-state index in [1.807, 2.05) is 18.2 Å². The first-order chi connectivity index (χ1) is 7.72. The number of phenols is 1. The Labute approximate surface area is 97.9 Å². The van der Waals surface area contributed by atoms with Crippen molar-refractivity contribution in [3.05, 3.63) is 29.3 Å². The number of phenolic OH excluding ortho intramolecular Hbond substituents is 1. The summed E-state index contributed by atoms with van der Waals surface area (Å²) in [5.41, 5.74) is 7.38. The summed E-state index contributed by atoms with van der Waals surface area (Å²) in [6.07, 6.45) is 0.876. The van der Waals surface area contributed by atoms with Gasteiger partial charge in [-0.1, -0.05) is 32.0 Å². The normalized spacial score (nSPS) is 11.0. The molecule has 0 radical (unpaired) electrons. The average Bonchev–Trinajstić information content (AvgIpc) is 2.32. The molecule has 0 atom stereocenters. The molecule has 3 nitrogen and oxygen atoms in total. The highest BCUT2D eigenvalue weighted by Crippen LogP contribution is 2.22. The van der Waals surface area contributed by atoms with E-state index in [-0.39, 0.29) is 0 Å². The fourth-order valence-electron chi connectivity index (χ4n) is 1.83. The Balaban J connectivity index is 2.66. The summed E-state index contributed by atoms with van der Waals surface area (Å²) in [4.78, 5) is 2.34. The summed E-state index contributed by atoms with van der Waals surface area (Å²) in [5, 5.41) is 9.95. The molecule has 0 aliphatic heterocycles. The molecule has 0 heterocycles. The number of benzene rings is 1. The number of aromatic hydroxyl groups is 1. The summed E-state index contributed by atoms with van der Waals surface area (Å²) in [6, 6.07) is 5.80. The van der Waals surface area contributed by atoms with Gasteiger partial charge in [-0.2, -0.15) is 0 Å². The largest absolute Gasteiger partial charge is 0.507 e. The Morgan fingerprint density at radius 1 is 1.19 bits per heavy atom. The fourth-order valence-corrected chi connectivity index (χ4v) is 1.83. The van der Waals surface area contributed by atoms with Crippen molar-refractivity contribution in [1.82, 2.24) is 4.90 Å². The number of nitrogens with zero attached hydrogens (tertiary/aromatic N) is 1.